The monoisotopic (exact) mass is 499 g/mol. The van der Waals surface area contributed by atoms with Gasteiger partial charge in [0.15, 0.2) is 5.96 Å². The van der Waals surface area contributed by atoms with E-state index in [9.17, 15) is 5.11 Å². The predicted molar refractivity (Wildman–Crippen MR) is 121 cm³/mol. The number of benzene rings is 1. The fourth-order valence-electron chi connectivity index (χ4n) is 3.29. The van der Waals surface area contributed by atoms with Crippen molar-refractivity contribution < 1.29 is 14.3 Å². The SMILES string of the molecule is COc1ccc(CN=C(NCCc2ccco2)N2CCC(C(C)O)C2)cc1.I. The topological polar surface area (TPSA) is 70.2 Å². The number of likely N-dealkylation sites (tertiary alicyclic amines) is 1. The van der Waals surface area contributed by atoms with Crippen LogP contribution in [0.15, 0.2) is 52.1 Å². The van der Waals surface area contributed by atoms with E-state index in [1.54, 1.807) is 13.4 Å². The third kappa shape index (κ3) is 6.41. The number of aliphatic hydroxyl groups excluding tert-OH is 1. The molecule has 1 saturated heterocycles. The maximum Gasteiger partial charge on any atom is 0.194 e. The van der Waals surface area contributed by atoms with Crippen LogP contribution in [-0.4, -0.2) is 48.8 Å². The van der Waals surface area contributed by atoms with Gasteiger partial charge in [-0.3, -0.25) is 0 Å². The van der Waals surface area contributed by atoms with Crippen molar-refractivity contribution in [1.29, 1.82) is 0 Å². The second kappa shape index (κ2) is 11.3. The van der Waals surface area contributed by atoms with E-state index in [0.29, 0.717) is 12.5 Å². The molecule has 6 nitrogen and oxygen atoms in total. The van der Waals surface area contributed by atoms with Crippen LogP contribution in [0.25, 0.3) is 0 Å². The van der Waals surface area contributed by atoms with Crippen molar-refractivity contribution >= 4 is 29.9 Å². The minimum Gasteiger partial charge on any atom is -0.497 e. The summed E-state index contributed by atoms with van der Waals surface area (Å²) in [4.78, 5) is 7.06. The quantitative estimate of drug-likeness (QED) is 0.348. The summed E-state index contributed by atoms with van der Waals surface area (Å²) in [6.45, 7) is 4.96. The smallest absolute Gasteiger partial charge is 0.194 e. The van der Waals surface area contributed by atoms with Crippen LogP contribution in [0.5, 0.6) is 5.75 Å². The van der Waals surface area contributed by atoms with E-state index in [2.05, 4.69) is 10.2 Å². The fourth-order valence-corrected chi connectivity index (χ4v) is 3.29. The van der Waals surface area contributed by atoms with Crippen molar-refractivity contribution in [3.8, 4) is 5.75 Å². The second-order valence-electron chi connectivity index (χ2n) is 6.98. The molecule has 0 bridgehead atoms. The second-order valence-corrected chi connectivity index (χ2v) is 6.98. The number of nitrogens with one attached hydrogen (secondary N) is 1. The van der Waals surface area contributed by atoms with Crippen molar-refractivity contribution in [3.05, 3.63) is 54.0 Å². The Morgan fingerprint density at radius 1 is 1.36 bits per heavy atom. The molecule has 2 unspecified atom stereocenters. The normalized spacial score (nSPS) is 17.9. The summed E-state index contributed by atoms with van der Waals surface area (Å²) in [5.74, 6) is 2.99. The first-order valence-corrected chi connectivity index (χ1v) is 9.52. The van der Waals surface area contributed by atoms with Gasteiger partial charge in [0.1, 0.15) is 11.5 Å². The molecule has 1 fully saturated rings. The van der Waals surface area contributed by atoms with E-state index >= 15 is 0 Å². The third-order valence-corrected chi connectivity index (χ3v) is 5.01. The summed E-state index contributed by atoms with van der Waals surface area (Å²) in [6, 6.07) is 11.9. The fraction of sp³-hybridized carbons (Fsp3) is 0.476. The number of hydrogen-bond donors (Lipinski definition) is 2. The highest BCUT2D eigenvalue weighted by Gasteiger charge is 2.27. The number of ether oxygens (including phenoxy) is 1. The zero-order valence-electron chi connectivity index (χ0n) is 16.5. The van der Waals surface area contributed by atoms with Gasteiger partial charge >= 0.3 is 0 Å². The van der Waals surface area contributed by atoms with Crippen LogP contribution in [0.3, 0.4) is 0 Å². The Morgan fingerprint density at radius 3 is 2.75 bits per heavy atom. The number of aliphatic hydroxyl groups is 1. The Labute approximate surface area is 184 Å². The highest BCUT2D eigenvalue weighted by atomic mass is 127. The van der Waals surface area contributed by atoms with Crippen molar-refractivity contribution in [1.82, 2.24) is 10.2 Å². The van der Waals surface area contributed by atoms with Gasteiger partial charge in [0.25, 0.3) is 0 Å². The van der Waals surface area contributed by atoms with Gasteiger partial charge in [-0.05, 0) is 43.2 Å². The molecule has 3 rings (SSSR count). The van der Waals surface area contributed by atoms with Crippen LogP contribution in [-0.2, 0) is 13.0 Å². The molecular formula is C21H30IN3O3. The van der Waals surface area contributed by atoms with Crippen LogP contribution >= 0.6 is 24.0 Å². The lowest BCUT2D eigenvalue weighted by molar-refractivity contribution is 0.132. The number of furan rings is 1. The van der Waals surface area contributed by atoms with Gasteiger partial charge in [0.2, 0.25) is 0 Å². The van der Waals surface area contributed by atoms with Crippen LogP contribution < -0.4 is 10.1 Å². The van der Waals surface area contributed by atoms with E-state index < -0.39 is 0 Å². The maximum atomic E-state index is 9.90. The van der Waals surface area contributed by atoms with Crippen LogP contribution in [0.4, 0.5) is 0 Å². The molecule has 0 radical (unpaired) electrons. The molecular weight excluding hydrogens is 469 g/mol. The highest BCUT2D eigenvalue weighted by molar-refractivity contribution is 14.0. The first kappa shape index (κ1) is 22.5. The molecule has 154 valence electrons. The number of halogens is 1. The number of nitrogens with zero attached hydrogens (tertiary/aromatic N) is 2. The molecule has 2 atom stereocenters. The summed E-state index contributed by atoms with van der Waals surface area (Å²) in [6.07, 6.45) is 3.20. The number of hydrogen-bond acceptors (Lipinski definition) is 4. The summed E-state index contributed by atoms with van der Waals surface area (Å²) in [7, 11) is 1.67. The summed E-state index contributed by atoms with van der Waals surface area (Å²) < 4.78 is 10.6. The molecule has 0 amide bonds. The Kier molecular flexibility index (Phi) is 9.11. The van der Waals surface area contributed by atoms with Gasteiger partial charge in [0.05, 0.1) is 26.0 Å². The Bertz CT molecular complexity index is 717. The number of methoxy groups -OCH3 is 1. The molecule has 2 aromatic rings. The third-order valence-electron chi connectivity index (χ3n) is 5.01. The molecule has 1 aromatic carbocycles. The average molecular weight is 499 g/mol. The molecule has 28 heavy (non-hydrogen) atoms. The van der Waals surface area contributed by atoms with Crippen molar-refractivity contribution in [2.75, 3.05) is 26.7 Å². The molecule has 1 aliphatic rings. The van der Waals surface area contributed by atoms with E-state index in [1.165, 1.54) is 0 Å². The molecule has 1 aromatic heterocycles. The van der Waals surface area contributed by atoms with Gasteiger partial charge in [-0.15, -0.1) is 24.0 Å². The average Bonchev–Trinajstić information content (AvgIpc) is 3.37. The van der Waals surface area contributed by atoms with Crippen LogP contribution in [0.2, 0.25) is 0 Å². The summed E-state index contributed by atoms with van der Waals surface area (Å²) in [5, 5.41) is 13.4. The Morgan fingerprint density at radius 2 is 2.14 bits per heavy atom. The molecule has 2 N–H and O–H groups in total. The number of rotatable bonds is 7. The lowest BCUT2D eigenvalue weighted by atomic mass is 10.0. The largest absolute Gasteiger partial charge is 0.497 e. The minimum absolute atomic E-state index is 0. The first-order chi connectivity index (χ1) is 13.2. The number of guanidine groups is 1. The van der Waals surface area contributed by atoms with Gasteiger partial charge in [-0.1, -0.05) is 12.1 Å². The van der Waals surface area contributed by atoms with E-state index in [4.69, 9.17) is 14.1 Å². The van der Waals surface area contributed by atoms with E-state index in [-0.39, 0.29) is 30.1 Å². The Hall–Kier alpha value is -1.74. The van der Waals surface area contributed by atoms with Crippen LogP contribution in [0.1, 0.15) is 24.7 Å². The molecule has 0 saturated carbocycles. The Balaban J connectivity index is 0.00000280. The summed E-state index contributed by atoms with van der Waals surface area (Å²) >= 11 is 0. The van der Waals surface area contributed by atoms with Gasteiger partial charge in [-0.25, -0.2) is 4.99 Å². The first-order valence-electron chi connectivity index (χ1n) is 9.52. The van der Waals surface area contributed by atoms with Gasteiger partial charge in [0, 0.05) is 32.0 Å². The standard InChI is InChI=1S/C21H29N3O3.HI/c1-16(25)18-10-12-24(15-18)21(22-11-9-20-4-3-13-27-20)23-14-17-5-7-19(26-2)8-6-17;/h3-8,13,16,18,25H,9-12,14-15H2,1-2H3,(H,22,23);1H. The maximum absolute atomic E-state index is 9.90. The van der Waals surface area contributed by atoms with Gasteiger partial charge < -0.3 is 24.5 Å². The molecule has 7 heteroatoms. The highest BCUT2D eigenvalue weighted by Crippen LogP contribution is 2.20. The predicted octanol–water partition coefficient (Wildman–Crippen LogP) is 3.30. The molecule has 1 aliphatic heterocycles. The minimum atomic E-state index is -0.291. The molecule has 0 spiro atoms. The molecule has 0 aliphatic carbocycles. The lowest BCUT2D eigenvalue weighted by Gasteiger charge is -2.22. The summed E-state index contributed by atoms with van der Waals surface area (Å²) in [5.41, 5.74) is 1.13. The number of aliphatic imine (C=N–C) groups is 1. The zero-order chi connectivity index (χ0) is 19.1. The van der Waals surface area contributed by atoms with E-state index in [1.807, 2.05) is 43.3 Å². The zero-order valence-corrected chi connectivity index (χ0v) is 18.8. The lowest BCUT2D eigenvalue weighted by Crippen LogP contribution is -2.41. The molecule has 2 heterocycles. The van der Waals surface area contributed by atoms with Gasteiger partial charge in [-0.2, -0.15) is 0 Å². The van der Waals surface area contributed by atoms with Crippen molar-refractivity contribution in [2.24, 2.45) is 10.9 Å². The van der Waals surface area contributed by atoms with Crippen molar-refractivity contribution in [2.45, 2.75) is 32.4 Å². The van der Waals surface area contributed by atoms with Crippen LogP contribution in [0, 0.1) is 5.92 Å². The van der Waals surface area contributed by atoms with Crippen molar-refractivity contribution in [3.63, 3.8) is 0 Å². The van der Waals surface area contributed by atoms with E-state index in [0.717, 1.165) is 55.5 Å².